The van der Waals surface area contributed by atoms with E-state index in [1.165, 1.54) is 0 Å². The Morgan fingerprint density at radius 2 is 1.87 bits per heavy atom. The van der Waals surface area contributed by atoms with E-state index in [2.05, 4.69) is 15.3 Å². The minimum absolute atomic E-state index is 0.132. The van der Waals surface area contributed by atoms with Crippen molar-refractivity contribution in [1.29, 1.82) is 0 Å². The van der Waals surface area contributed by atoms with Crippen LogP contribution in [0.3, 0.4) is 0 Å². The third kappa shape index (κ3) is 4.30. The molecule has 0 spiro atoms. The molecule has 7 heteroatoms. The highest BCUT2D eigenvalue weighted by molar-refractivity contribution is 6.04. The maximum atomic E-state index is 12.7. The molecule has 1 unspecified atom stereocenters. The summed E-state index contributed by atoms with van der Waals surface area (Å²) in [6, 6.07) is 7.16. The largest absolute Gasteiger partial charge is 0.497 e. The van der Waals surface area contributed by atoms with Gasteiger partial charge in [0.15, 0.2) is 0 Å². The molecule has 0 bridgehead atoms. The molecule has 1 aromatic heterocycles. The Morgan fingerprint density at radius 3 is 2.53 bits per heavy atom. The van der Waals surface area contributed by atoms with E-state index in [9.17, 15) is 9.59 Å². The van der Waals surface area contributed by atoms with Crippen molar-refractivity contribution in [1.82, 2.24) is 14.9 Å². The van der Waals surface area contributed by atoms with Crippen LogP contribution >= 0.6 is 0 Å². The van der Waals surface area contributed by atoms with Crippen molar-refractivity contribution in [3.8, 4) is 5.75 Å². The minimum Gasteiger partial charge on any atom is -0.497 e. The highest BCUT2D eigenvalue weighted by Crippen LogP contribution is 2.31. The quantitative estimate of drug-likeness (QED) is 0.818. The summed E-state index contributed by atoms with van der Waals surface area (Å²) in [5.41, 5.74) is 1.78. The topological polar surface area (TPSA) is 84.4 Å². The average Bonchev–Trinajstić information content (AvgIpc) is 3.46. The Kier molecular flexibility index (Phi) is 5.97. The summed E-state index contributed by atoms with van der Waals surface area (Å²) in [5.74, 6) is 1.84. The zero-order valence-electron chi connectivity index (χ0n) is 17.6. The first kappa shape index (κ1) is 20.3. The van der Waals surface area contributed by atoms with Crippen molar-refractivity contribution in [3.63, 3.8) is 0 Å². The average molecular weight is 409 g/mol. The Morgan fingerprint density at radius 1 is 1.13 bits per heavy atom. The lowest BCUT2D eigenvalue weighted by molar-refractivity contribution is -0.134. The van der Waals surface area contributed by atoms with E-state index in [4.69, 9.17) is 4.74 Å². The zero-order valence-corrected chi connectivity index (χ0v) is 17.6. The summed E-state index contributed by atoms with van der Waals surface area (Å²) in [5, 5.41) is 2.87. The van der Waals surface area contributed by atoms with Gasteiger partial charge in [-0.05, 0) is 50.5 Å². The summed E-state index contributed by atoms with van der Waals surface area (Å²) in [6.07, 6.45) is 6.83. The molecular formula is C23H28N4O3. The van der Waals surface area contributed by atoms with Gasteiger partial charge in [0.05, 0.1) is 18.4 Å². The lowest BCUT2D eigenvalue weighted by atomic mass is 10.1. The van der Waals surface area contributed by atoms with Crippen LogP contribution in [0.1, 0.15) is 59.9 Å². The van der Waals surface area contributed by atoms with E-state index < -0.39 is 0 Å². The van der Waals surface area contributed by atoms with Gasteiger partial charge in [0.2, 0.25) is 5.91 Å². The molecule has 1 saturated heterocycles. The molecule has 2 fully saturated rings. The van der Waals surface area contributed by atoms with Crippen LogP contribution in [-0.2, 0) is 4.79 Å². The van der Waals surface area contributed by atoms with Gasteiger partial charge in [-0.15, -0.1) is 0 Å². The molecule has 2 aliphatic rings. The van der Waals surface area contributed by atoms with Crippen LogP contribution in [0.15, 0.2) is 30.5 Å². The van der Waals surface area contributed by atoms with Crippen LogP contribution in [-0.4, -0.2) is 46.9 Å². The number of rotatable bonds is 5. The number of likely N-dealkylation sites (tertiary alicyclic amines) is 1. The lowest BCUT2D eigenvalue weighted by Gasteiger charge is -2.20. The number of aromatic nitrogens is 2. The number of nitrogens with zero attached hydrogens (tertiary/aromatic N) is 3. The van der Waals surface area contributed by atoms with Crippen LogP contribution in [0, 0.1) is 12.8 Å². The number of amides is 2. The standard InChI is InChI=1S/C23H28N4O3/c1-15-20(22(28)26-18-7-9-19(30-2)10-8-18)13-24-21(25-15)17-11-12-27(14-17)23(29)16-5-3-4-6-16/h7-10,13,16-17H,3-6,11-12,14H2,1-2H3,(H,26,28). The van der Waals surface area contributed by atoms with Gasteiger partial charge in [-0.2, -0.15) is 0 Å². The Labute approximate surface area is 176 Å². The smallest absolute Gasteiger partial charge is 0.259 e. The van der Waals surface area contributed by atoms with Crippen molar-refractivity contribution in [2.75, 3.05) is 25.5 Å². The third-order valence-electron chi connectivity index (χ3n) is 6.16. The molecule has 1 aromatic carbocycles. The van der Waals surface area contributed by atoms with E-state index in [-0.39, 0.29) is 17.7 Å². The molecule has 1 aliphatic carbocycles. The van der Waals surface area contributed by atoms with E-state index in [1.807, 2.05) is 11.8 Å². The minimum atomic E-state index is -0.242. The van der Waals surface area contributed by atoms with Crippen LogP contribution in [0.2, 0.25) is 0 Å². The fourth-order valence-corrected chi connectivity index (χ4v) is 4.38. The van der Waals surface area contributed by atoms with Crippen LogP contribution in [0.25, 0.3) is 0 Å². The van der Waals surface area contributed by atoms with E-state index >= 15 is 0 Å². The van der Waals surface area contributed by atoms with Gasteiger partial charge in [-0.1, -0.05) is 12.8 Å². The number of methoxy groups -OCH3 is 1. The third-order valence-corrected chi connectivity index (χ3v) is 6.16. The molecule has 2 amide bonds. The summed E-state index contributed by atoms with van der Waals surface area (Å²) in [4.78, 5) is 36.4. The fraction of sp³-hybridized carbons (Fsp3) is 0.478. The number of ether oxygens (including phenoxy) is 1. The van der Waals surface area contributed by atoms with Gasteiger partial charge in [0.1, 0.15) is 11.6 Å². The highest BCUT2D eigenvalue weighted by atomic mass is 16.5. The van der Waals surface area contributed by atoms with Gasteiger partial charge in [-0.3, -0.25) is 9.59 Å². The maximum absolute atomic E-state index is 12.7. The van der Waals surface area contributed by atoms with Gasteiger partial charge in [-0.25, -0.2) is 9.97 Å². The van der Waals surface area contributed by atoms with Crippen molar-refractivity contribution < 1.29 is 14.3 Å². The molecule has 1 atom stereocenters. The molecule has 158 valence electrons. The van der Waals surface area contributed by atoms with Crippen molar-refractivity contribution in [2.45, 2.75) is 44.9 Å². The predicted molar refractivity (Wildman–Crippen MR) is 114 cm³/mol. The molecule has 0 radical (unpaired) electrons. The highest BCUT2D eigenvalue weighted by Gasteiger charge is 2.34. The lowest BCUT2D eigenvalue weighted by Crippen LogP contribution is -2.33. The number of benzene rings is 1. The van der Waals surface area contributed by atoms with E-state index in [1.54, 1.807) is 37.6 Å². The molecule has 2 aromatic rings. The Balaban J connectivity index is 1.40. The molecule has 30 heavy (non-hydrogen) atoms. The Bertz CT molecular complexity index is 923. The normalized spacial score (nSPS) is 19.1. The second-order valence-electron chi connectivity index (χ2n) is 8.16. The number of anilines is 1. The van der Waals surface area contributed by atoms with Gasteiger partial charge in [0, 0.05) is 36.8 Å². The van der Waals surface area contributed by atoms with Crippen molar-refractivity contribution in [3.05, 3.63) is 47.5 Å². The second kappa shape index (κ2) is 8.81. The molecule has 2 heterocycles. The molecule has 1 aliphatic heterocycles. The summed E-state index contributed by atoms with van der Waals surface area (Å²) in [6.45, 7) is 3.26. The predicted octanol–water partition coefficient (Wildman–Crippen LogP) is 3.55. The molecule has 7 nitrogen and oxygen atoms in total. The number of carbonyl (C=O) groups is 2. The van der Waals surface area contributed by atoms with Crippen LogP contribution in [0.4, 0.5) is 5.69 Å². The number of aryl methyl sites for hydroxylation is 1. The molecule has 1 saturated carbocycles. The summed E-state index contributed by atoms with van der Waals surface area (Å²) < 4.78 is 5.13. The van der Waals surface area contributed by atoms with Crippen molar-refractivity contribution in [2.24, 2.45) is 5.92 Å². The monoisotopic (exact) mass is 408 g/mol. The number of nitrogens with one attached hydrogen (secondary N) is 1. The van der Waals surface area contributed by atoms with Gasteiger partial charge in [0.25, 0.3) is 5.91 Å². The first-order valence-corrected chi connectivity index (χ1v) is 10.6. The molecule has 4 rings (SSSR count). The first-order chi connectivity index (χ1) is 14.5. The van der Waals surface area contributed by atoms with Gasteiger partial charge >= 0.3 is 0 Å². The van der Waals surface area contributed by atoms with E-state index in [0.717, 1.165) is 50.2 Å². The van der Waals surface area contributed by atoms with Crippen LogP contribution in [0.5, 0.6) is 5.75 Å². The molecule has 1 N–H and O–H groups in total. The molecular weight excluding hydrogens is 380 g/mol. The fourth-order valence-electron chi connectivity index (χ4n) is 4.38. The SMILES string of the molecule is COc1ccc(NC(=O)c2cnc(C3CCN(C(=O)C4CCCC4)C3)nc2C)cc1. The second-order valence-corrected chi connectivity index (χ2v) is 8.16. The van der Waals surface area contributed by atoms with Crippen molar-refractivity contribution >= 4 is 17.5 Å². The van der Waals surface area contributed by atoms with Gasteiger partial charge < -0.3 is 15.0 Å². The van der Waals surface area contributed by atoms with Crippen LogP contribution < -0.4 is 10.1 Å². The number of hydrogen-bond donors (Lipinski definition) is 1. The Hall–Kier alpha value is -2.96. The summed E-state index contributed by atoms with van der Waals surface area (Å²) >= 11 is 0. The van der Waals surface area contributed by atoms with E-state index in [0.29, 0.717) is 29.4 Å². The number of carbonyl (C=O) groups excluding carboxylic acids is 2. The maximum Gasteiger partial charge on any atom is 0.259 e. The number of hydrogen-bond acceptors (Lipinski definition) is 5. The summed E-state index contributed by atoms with van der Waals surface area (Å²) in [7, 11) is 1.60. The first-order valence-electron chi connectivity index (χ1n) is 10.6. The zero-order chi connectivity index (χ0) is 21.1.